The van der Waals surface area contributed by atoms with Crippen LogP contribution < -0.4 is 5.30 Å². The number of carbonyl (C=O) groups is 3. The van der Waals surface area contributed by atoms with E-state index in [4.69, 9.17) is 18.5 Å². The molecule has 0 aliphatic carbocycles. The van der Waals surface area contributed by atoms with E-state index < -0.39 is 49.9 Å². The summed E-state index contributed by atoms with van der Waals surface area (Å²) in [6.07, 6.45) is 0. The molecule has 0 atom stereocenters. The van der Waals surface area contributed by atoms with Gasteiger partial charge in [0.1, 0.15) is 0 Å². The first-order chi connectivity index (χ1) is 17.1. The Morgan fingerprint density at radius 2 is 1.24 bits per heavy atom. The lowest BCUT2D eigenvalue weighted by molar-refractivity contribution is -0.161. The molecular formula is C26H34NO9P. The van der Waals surface area contributed by atoms with Crippen molar-refractivity contribution in [3.05, 3.63) is 65.7 Å². The molecule has 11 heteroatoms. The standard InChI is InChI=1S/C26H34NO9P/c1-25(2,3)23(29)33-17-35-37(32,36-18-34-24(30)26(4,5)6)21-15-11-10-14-20(21)16-27(31)22(28)19-12-8-7-9-13-19/h7-15,31H,16-18H2,1-6H3. The lowest BCUT2D eigenvalue weighted by atomic mass is 9.98. The summed E-state index contributed by atoms with van der Waals surface area (Å²) in [5, 5.41) is 10.9. The maximum atomic E-state index is 13.9. The van der Waals surface area contributed by atoms with Crippen LogP contribution >= 0.6 is 7.60 Å². The van der Waals surface area contributed by atoms with Gasteiger partial charge in [-0.05, 0) is 65.3 Å². The van der Waals surface area contributed by atoms with Gasteiger partial charge < -0.3 is 9.47 Å². The van der Waals surface area contributed by atoms with Gasteiger partial charge in [0.05, 0.1) is 22.7 Å². The fourth-order valence-electron chi connectivity index (χ4n) is 2.78. The minimum absolute atomic E-state index is 0.00599. The van der Waals surface area contributed by atoms with Crippen LogP contribution in [0.4, 0.5) is 0 Å². The van der Waals surface area contributed by atoms with Crippen LogP contribution in [0.25, 0.3) is 0 Å². The van der Waals surface area contributed by atoms with Crippen molar-refractivity contribution in [2.75, 3.05) is 13.6 Å². The summed E-state index contributed by atoms with van der Waals surface area (Å²) in [6.45, 7) is 8.10. The van der Waals surface area contributed by atoms with Gasteiger partial charge in [-0.1, -0.05) is 36.4 Å². The van der Waals surface area contributed by atoms with E-state index in [1.807, 2.05) is 0 Å². The lowest BCUT2D eigenvalue weighted by Crippen LogP contribution is -2.30. The van der Waals surface area contributed by atoms with Crippen molar-refractivity contribution in [2.45, 2.75) is 48.1 Å². The largest absolute Gasteiger partial charge is 0.438 e. The fraction of sp³-hybridized carbons (Fsp3) is 0.423. The van der Waals surface area contributed by atoms with Crippen LogP contribution in [-0.4, -0.2) is 41.7 Å². The molecule has 0 saturated carbocycles. The van der Waals surface area contributed by atoms with E-state index in [2.05, 4.69) is 0 Å². The van der Waals surface area contributed by atoms with Crippen LogP contribution in [0.3, 0.4) is 0 Å². The smallest absolute Gasteiger partial charge is 0.367 e. The van der Waals surface area contributed by atoms with Crippen LogP contribution in [0, 0.1) is 10.8 Å². The molecule has 0 saturated heterocycles. The lowest BCUT2D eigenvalue weighted by Gasteiger charge is -2.24. The maximum Gasteiger partial charge on any atom is 0.367 e. The fourth-order valence-corrected chi connectivity index (χ4v) is 4.28. The van der Waals surface area contributed by atoms with Crippen LogP contribution in [0.15, 0.2) is 54.6 Å². The van der Waals surface area contributed by atoms with Gasteiger partial charge in [-0.2, -0.15) is 0 Å². The second kappa shape index (κ2) is 12.5. The quantitative estimate of drug-likeness (QED) is 0.152. The van der Waals surface area contributed by atoms with Crippen molar-refractivity contribution in [3.8, 4) is 0 Å². The molecule has 10 nitrogen and oxygen atoms in total. The van der Waals surface area contributed by atoms with Gasteiger partial charge in [0.2, 0.25) is 13.6 Å². The van der Waals surface area contributed by atoms with Crippen molar-refractivity contribution in [1.82, 2.24) is 5.06 Å². The molecule has 0 spiro atoms. The van der Waals surface area contributed by atoms with E-state index in [9.17, 15) is 24.2 Å². The van der Waals surface area contributed by atoms with Crippen LogP contribution in [0.1, 0.15) is 57.5 Å². The molecule has 2 rings (SSSR count). The zero-order valence-electron chi connectivity index (χ0n) is 21.9. The minimum atomic E-state index is -4.29. The van der Waals surface area contributed by atoms with E-state index in [-0.39, 0.29) is 23.0 Å². The van der Waals surface area contributed by atoms with Crippen molar-refractivity contribution in [2.24, 2.45) is 10.8 Å². The third-order valence-electron chi connectivity index (χ3n) is 4.91. The van der Waals surface area contributed by atoms with Crippen LogP contribution in [-0.2, 0) is 39.2 Å². The summed E-state index contributed by atoms with van der Waals surface area (Å²) in [5.74, 6) is -1.87. The molecule has 202 valence electrons. The second-order valence-corrected chi connectivity index (χ2v) is 12.2. The number of esters is 2. The van der Waals surface area contributed by atoms with Gasteiger partial charge in [0.25, 0.3) is 5.91 Å². The van der Waals surface area contributed by atoms with Gasteiger partial charge in [-0.25, -0.2) is 5.06 Å². The molecule has 1 amide bonds. The number of carbonyl (C=O) groups excluding carboxylic acids is 3. The number of benzene rings is 2. The van der Waals surface area contributed by atoms with E-state index in [1.54, 1.807) is 84.0 Å². The van der Waals surface area contributed by atoms with Crippen LogP contribution in [0.5, 0.6) is 0 Å². The van der Waals surface area contributed by atoms with E-state index in [1.165, 1.54) is 12.1 Å². The highest BCUT2D eigenvalue weighted by atomic mass is 31.2. The summed E-state index contributed by atoms with van der Waals surface area (Å²) in [5.41, 5.74) is -1.17. The summed E-state index contributed by atoms with van der Waals surface area (Å²) >= 11 is 0. The summed E-state index contributed by atoms with van der Waals surface area (Å²) in [6, 6.07) is 14.3. The number of amides is 1. The predicted octanol–water partition coefficient (Wildman–Crippen LogP) is 4.66. The Morgan fingerprint density at radius 3 is 1.73 bits per heavy atom. The molecule has 0 aromatic heterocycles. The number of rotatable bonds is 10. The van der Waals surface area contributed by atoms with Gasteiger partial charge in [-0.15, -0.1) is 0 Å². The number of hydroxylamine groups is 2. The normalized spacial score (nSPS) is 12.1. The van der Waals surface area contributed by atoms with E-state index >= 15 is 0 Å². The molecule has 0 aliphatic rings. The average Bonchev–Trinajstić information content (AvgIpc) is 2.83. The van der Waals surface area contributed by atoms with E-state index in [0.29, 0.717) is 5.06 Å². The predicted molar refractivity (Wildman–Crippen MR) is 135 cm³/mol. The molecule has 0 radical (unpaired) electrons. The molecule has 37 heavy (non-hydrogen) atoms. The zero-order valence-corrected chi connectivity index (χ0v) is 22.8. The SMILES string of the molecule is CC(C)(C)C(=O)OCOP(=O)(OCOC(=O)C(C)(C)C)c1ccccc1CN(O)C(=O)c1ccccc1. The first-order valence-corrected chi connectivity index (χ1v) is 13.1. The highest BCUT2D eigenvalue weighted by molar-refractivity contribution is 7.62. The topological polar surface area (TPSA) is 129 Å². The Labute approximate surface area is 217 Å². The van der Waals surface area contributed by atoms with Crippen molar-refractivity contribution >= 4 is 30.7 Å². The third-order valence-corrected chi connectivity index (χ3v) is 6.83. The Hall–Kier alpha value is -3.04. The molecule has 0 unspecified atom stereocenters. The Balaban J connectivity index is 2.29. The summed E-state index contributed by atoms with van der Waals surface area (Å²) in [7, 11) is -4.29. The average molecular weight is 536 g/mol. The number of hydrogen-bond donors (Lipinski definition) is 1. The highest BCUT2D eigenvalue weighted by Gasteiger charge is 2.34. The maximum absolute atomic E-state index is 13.9. The van der Waals surface area contributed by atoms with Gasteiger partial charge >= 0.3 is 19.5 Å². The van der Waals surface area contributed by atoms with Gasteiger partial charge in [0.15, 0.2) is 0 Å². The first kappa shape index (κ1) is 30.2. The first-order valence-electron chi connectivity index (χ1n) is 11.5. The zero-order chi connectivity index (χ0) is 27.9. The molecule has 0 heterocycles. The highest BCUT2D eigenvalue weighted by Crippen LogP contribution is 2.48. The van der Waals surface area contributed by atoms with Gasteiger partial charge in [0, 0.05) is 5.56 Å². The van der Waals surface area contributed by atoms with E-state index in [0.717, 1.165) is 0 Å². The molecular weight excluding hydrogens is 501 g/mol. The number of hydrogen-bond acceptors (Lipinski definition) is 9. The Bertz CT molecular complexity index is 1100. The monoisotopic (exact) mass is 535 g/mol. The van der Waals surface area contributed by atoms with Crippen molar-refractivity contribution in [1.29, 1.82) is 0 Å². The minimum Gasteiger partial charge on any atom is -0.438 e. The molecule has 0 aliphatic heterocycles. The number of ether oxygens (including phenoxy) is 2. The summed E-state index contributed by atoms with van der Waals surface area (Å²) < 4.78 is 34.9. The Kier molecular flexibility index (Phi) is 10.2. The van der Waals surface area contributed by atoms with Crippen molar-refractivity contribution < 1.29 is 42.7 Å². The molecule has 2 aromatic carbocycles. The third kappa shape index (κ3) is 8.79. The number of nitrogens with zero attached hydrogens (tertiary/aromatic N) is 1. The summed E-state index contributed by atoms with van der Waals surface area (Å²) in [4.78, 5) is 36.9. The second-order valence-electron chi connectivity index (χ2n) is 10.2. The van der Waals surface area contributed by atoms with Gasteiger partial charge in [-0.3, -0.25) is 33.2 Å². The molecule has 2 aromatic rings. The molecule has 1 N–H and O–H groups in total. The molecule has 0 fully saturated rings. The molecule has 0 bridgehead atoms. The Morgan fingerprint density at radius 1 is 0.784 bits per heavy atom. The van der Waals surface area contributed by atoms with Crippen molar-refractivity contribution in [3.63, 3.8) is 0 Å². The van der Waals surface area contributed by atoms with Crippen LogP contribution in [0.2, 0.25) is 0 Å².